The van der Waals surface area contributed by atoms with Crippen molar-refractivity contribution < 1.29 is 25.6 Å². The summed E-state index contributed by atoms with van der Waals surface area (Å²) in [7, 11) is -8.06. The summed E-state index contributed by atoms with van der Waals surface area (Å²) in [4.78, 5) is 2.74. The zero-order valence-electron chi connectivity index (χ0n) is 8.51. The van der Waals surface area contributed by atoms with Crippen LogP contribution in [0.15, 0.2) is 12.1 Å². The van der Waals surface area contributed by atoms with Crippen molar-refractivity contribution in [3.8, 4) is 0 Å². The van der Waals surface area contributed by atoms with E-state index in [2.05, 4.69) is 4.98 Å². The number of hydrogen-bond donors (Lipinski definition) is 1. The first-order valence-corrected chi connectivity index (χ1v) is 7.81. The number of nitrogens with zero attached hydrogens (tertiary/aromatic N) is 1. The molecule has 0 aliphatic heterocycles. The normalized spacial score (nSPS) is 12.4. The molecule has 0 atom stereocenters. The van der Waals surface area contributed by atoms with Gasteiger partial charge in [0, 0.05) is 6.26 Å². The van der Waals surface area contributed by atoms with E-state index in [4.69, 9.17) is 0 Å². The maximum absolute atomic E-state index is 13.0. The molecule has 0 amide bonds. The van der Waals surface area contributed by atoms with Gasteiger partial charge < -0.3 is 0 Å². The van der Waals surface area contributed by atoms with Crippen LogP contribution in [-0.2, 0) is 19.9 Å². The van der Waals surface area contributed by atoms with Crippen LogP contribution in [0.1, 0.15) is 0 Å². The number of anilines is 1. The predicted octanol–water partition coefficient (Wildman–Crippen LogP) is 0.104. The van der Waals surface area contributed by atoms with E-state index in [0.29, 0.717) is 6.26 Å². The van der Waals surface area contributed by atoms with Crippen LogP contribution in [0, 0.1) is 11.9 Å². The molecule has 10 heteroatoms. The molecular formula is C7H8F2N2O4S2. The highest BCUT2D eigenvalue weighted by atomic mass is 32.3. The highest BCUT2D eigenvalue weighted by Gasteiger charge is 2.20. The lowest BCUT2D eigenvalue weighted by Gasteiger charge is -2.07. The summed E-state index contributed by atoms with van der Waals surface area (Å²) in [6.45, 7) is 0. The van der Waals surface area contributed by atoms with Gasteiger partial charge in [-0.1, -0.05) is 0 Å². The Morgan fingerprint density at radius 3 is 2.29 bits per heavy atom. The monoisotopic (exact) mass is 286 g/mol. The maximum Gasteiger partial charge on any atom is 0.247 e. The van der Waals surface area contributed by atoms with Gasteiger partial charge in [0.15, 0.2) is 14.9 Å². The summed E-state index contributed by atoms with van der Waals surface area (Å²) < 4.78 is 71.2. The standard InChI is InChI=1S/C7H8F2N2O4S2/c1-16(12,13)4-17(14,15)11-5-2-3-6(8)10-7(5)9/h2-3,11H,4H2,1H3. The molecule has 1 aromatic heterocycles. The quantitative estimate of drug-likeness (QED) is 0.793. The van der Waals surface area contributed by atoms with Crippen LogP contribution < -0.4 is 4.72 Å². The smallest absolute Gasteiger partial charge is 0.247 e. The number of pyridine rings is 1. The summed E-state index contributed by atoms with van der Waals surface area (Å²) in [5.41, 5.74) is -0.616. The second-order valence-electron chi connectivity index (χ2n) is 3.23. The molecule has 1 rings (SSSR count). The molecule has 0 fully saturated rings. The van der Waals surface area contributed by atoms with Crippen LogP contribution in [0.25, 0.3) is 0 Å². The van der Waals surface area contributed by atoms with Crippen molar-refractivity contribution >= 4 is 25.5 Å². The first-order chi connectivity index (χ1) is 7.59. The van der Waals surface area contributed by atoms with Crippen LogP contribution in [-0.4, -0.2) is 33.2 Å². The molecule has 0 aromatic carbocycles. The van der Waals surface area contributed by atoms with Crippen molar-refractivity contribution in [2.45, 2.75) is 0 Å². The fourth-order valence-electron chi connectivity index (χ4n) is 0.967. The number of sulfonamides is 1. The maximum atomic E-state index is 13.0. The Kier molecular flexibility index (Phi) is 3.67. The molecule has 1 aromatic rings. The van der Waals surface area contributed by atoms with Crippen LogP contribution in [0.4, 0.5) is 14.5 Å². The minimum Gasteiger partial charge on any atom is -0.278 e. The van der Waals surface area contributed by atoms with Gasteiger partial charge in [0.2, 0.25) is 21.9 Å². The molecular weight excluding hydrogens is 278 g/mol. The Morgan fingerprint density at radius 2 is 1.82 bits per heavy atom. The lowest BCUT2D eigenvalue weighted by atomic mass is 10.4. The molecule has 0 aliphatic rings. The van der Waals surface area contributed by atoms with E-state index in [9.17, 15) is 25.6 Å². The zero-order chi connectivity index (χ0) is 13.3. The lowest BCUT2D eigenvalue weighted by Crippen LogP contribution is -2.23. The van der Waals surface area contributed by atoms with E-state index in [0.717, 1.165) is 12.1 Å². The molecule has 17 heavy (non-hydrogen) atoms. The lowest BCUT2D eigenvalue weighted by molar-refractivity contribution is 0.515. The number of halogens is 2. The fraction of sp³-hybridized carbons (Fsp3) is 0.286. The topological polar surface area (TPSA) is 93.2 Å². The molecule has 0 saturated heterocycles. The molecule has 1 N–H and O–H groups in total. The van der Waals surface area contributed by atoms with E-state index in [1.54, 1.807) is 4.72 Å². The van der Waals surface area contributed by atoms with Crippen LogP contribution in [0.3, 0.4) is 0 Å². The first kappa shape index (κ1) is 13.8. The molecule has 0 spiro atoms. The van der Waals surface area contributed by atoms with Crippen LogP contribution in [0.5, 0.6) is 0 Å². The summed E-state index contributed by atoms with van der Waals surface area (Å²) in [6, 6.07) is 1.54. The van der Waals surface area contributed by atoms with Gasteiger partial charge >= 0.3 is 0 Å². The zero-order valence-corrected chi connectivity index (χ0v) is 10.1. The highest BCUT2D eigenvalue weighted by Crippen LogP contribution is 2.14. The van der Waals surface area contributed by atoms with Crippen molar-refractivity contribution in [1.82, 2.24) is 4.98 Å². The SMILES string of the molecule is CS(=O)(=O)CS(=O)(=O)Nc1ccc(F)nc1F. The Labute approximate surface area is 96.6 Å². The molecule has 0 bridgehead atoms. The van der Waals surface area contributed by atoms with E-state index < -0.39 is 42.5 Å². The fourth-order valence-corrected chi connectivity index (χ4v) is 3.94. The van der Waals surface area contributed by atoms with Gasteiger partial charge in [0.05, 0.1) is 0 Å². The second-order valence-corrected chi connectivity index (χ2v) is 7.46. The van der Waals surface area contributed by atoms with Gasteiger partial charge in [-0.25, -0.2) is 16.8 Å². The molecule has 96 valence electrons. The van der Waals surface area contributed by atoms with Gasteiger partial charge in [0.1, 0.15) is 5.69 Å². The average molecular weight is 286 g/mol. The average Bonchev–Trinajstić information content (AvgIpc) is 2.05. The number of hydrogen-bond acceptors (Lipinski definition) is 5. The van der Waals surface area contributed by atoms with Crippen molar-refractivity contribution in [3.63, 3.8) is 0 Å². The first-order valence-electron chi connectivity index (χ1n) is 4.09. The van der Waals surface area contributed by atoms with Gasteiger partial charge in [-0.15, -0.1) is 0 Å². The minimum absolute atomic E-state index is 0.616. The Balaban J connectivity index is 2.99. The molecule has 0 saturated carbocycles. The third-order valence-electron chi connectivity index (χ3n) is 1.45. The third-order valence-corrected chi connectivity index (χ3v) is 4.93. The molecule has 6 nitrogen and oxygen atoms in total. The largest absolute Gasteiger partial charge is 0.278 e. The third kappa shape index (κ3) is 4.61. The summed E-state index contributed by atoms with van der Waals surface area (Å²) in [5.74, 6) is -2.49. The minimum atomic E-state index is -4.27. The number of sulfone groups is 1. The molecule has 0 unspecified atom stereocenters. The van der Waals surface area contributed by atoms with Gasteiger partial charge in [0.25, 0.3) is 0 Å². The number of aromatic nitrogens is 1. The van der Waals surface area contributed by atoms with E-state index in [1.807, 2.05) is 0 Å². The van der Waals surface area contributed by atoms with Crippen molar-refractivity contribution in [2.24, 2.45) is 0 Å². The van der Waals surface area contributed by atoms with Gasteiger partial charge in [-0.05, 0) is 12.1 Å². The Morgan fingerprint density at radius 1 is 1.24 bits per heavy atom. The van der Waals surface area contributed by atoms with Crippen LogP contribution >= 0.6 is 0 Å². The highest BCUT2D eigenvalue weighted by molar-refractivity contribution is 8.08. The van der Waals surface area contributed by atoms with Gasteiger partial charge in [-0.3, -0.25) is 4.72 Å². The van der Waals surface area contributed by atoms with E-state index in [1.165, 1.54) is 0 Å². The Bertz CT molecular complexity index is 627. The predicted molar refractivity (Wildman–Crippen MR) is 56.4 cm³/mol. The second kappa shape index (κ2) is 4.53. The number of rotatable bonds is 4. The number of nitrogens with one attached hydrogen (secondary N) is 1. The summed E-state index contributed by atoms with van der Waals surface area (Å²) in [5, 5.41) is -1.20. The summed E-state index contributed by atoms with van der Waals surface area (Å²) >= 11 is 0. The molecule has 1 heterocycles. The van der Waals surface area contributed by atoms with E-state index >= 15 is 0 Å². The molecule has 0 aliphatic carbocycles. The van der Waals surface area contributed by atoms with Gasteiger partial charge in [-0.2, -0.15) is 13.8 Å². The van der Waals surface area contributed by atoms with E-state index in [-0.39, 0.29) is 0 Å². The van der Waals surface area contributed by atoms with Crippen molar-refractivity contribution in [3.05, 3.63) is 24.0 Å². The van der Waals surface area contributed by atoms with Crippen LogP contribution in [0.2, 0.25) is 0 Å². The summed E-state index contributed by atoms with van der Waals surface area (Å²) in [6.07, 6.45) is 0.714. The Hall–Kier alpha value is -1.29. The molecule has 0 radical (unpaired) electrons. The van der Waals surface area contributed by atoms with Crippen molar-refractivity contribution in [1.29, 1.82) is 0 Å². The van der Waals surface area contributed by atoms with Crippen molar-refractivity contribution in [2.75, 3.05) is 16.1 Å².